The van der Waals surface area contributed by atoms with Crippen LogP contribution in [0.4, 0.5) is 0 Å². The summed E-state index contributed by atoms with van der Waals surface area (Å²) >= 11 is 5.61. The molecule has 1 aromatic heterocycles. The minimum atomic E-state index is -0.0418. The van der Waals surface area contributed by atoms with Crippen molar-refractivity contribution in [3.63, 3.8) is 0 Å². The van der Waals surface area contributed by atoms with E-state index >= 15 is 0 Å². The Morgan fingerprint density at radius 3 is 2.64 bits per heavy atom. The van der Waals surface area contributed by atoms with Crippen LogP contribution in [0.15, 0.2) is 34.9 Å². The minimum absolute atomic E-state index is 0.0256. The van der Waals surface area contributed by atoms with Crippen LogP contribution in [0.2, 0.25) is 5.35 Å². The van der Waals surface area contributed by atoms with Crippen molar-refractivity contribution in [1.82, 2.24) is 15.2 Å². The first kappa shape index (κ1) is 16.4. The molecule has 6 nitrogen and oxygen atoms in total. The van der Waals surface area contributed by atoms with E-state index in [2.05, 4.69) is 22.1 Å². The Morgan fingerprint density at radius 1 is 1.32 bits per heavy atom. The molecule has 1 amide bonds. The highest BCUT2D eigenvalue weighted by molar-refractivity contribution is 6.27. The summed E-state index contributed by atoms with van der Waals surface area (Å²) in [7, 11) is 0. The fraction of sp³-hybridized carbons (Fsp3) is 0.444. The molecule has 2 unspecified atom stereocenters. The van der Waals surface area contributed by atoms with Gasteiger partial charge in [0.25, 0.3) is 11.3 Å². The van der Waals surface area contributed by atoms with Crippen molar-refractivity contribution < 1.29 is 13.9 Å². The van der Waals surface area contributed by atoms with Gasteiger partial charge in [0, 0.05) is 17.6 Å². The number of amides is 1. The van der Waals surface area contributed by atoms with Crippen LogP contribution in [-0.2, 0) is 0 Å². The number of nitrogens with one attached hydrogen (secondary N) is 1. The molecule has 3 aliphatic heterocycles. The molecule has 3 saturated heterocycles. The number of rotatable bonds is 4. The number of aromatic nitrogens is 1. The first-order chi connectivity index (χ1) is 12.1. The molecule has 1 aromatic carbocycles. The number of hydrogen-bond donors (Lipinski definition) is 1. The number of piperidine rings is 3. The molecule has 2 bridgehead atoms. The van der Waals surface area contributed by atoms with Crippen LogP contribution in [0.25, 0.3) is 0 Å². The van der Waals surface area contributed by atoms with Gasteiger partial charge in [0.1, 0.15) is 11.9 Å². The number of carbonyl (C=O) groups excluding carboxylic acids is 1. The molecule has 25 heavy (non-hydrogen) atoms. The SMILES string of the molecule is CC1C(NC(=O)c2ccc(Oc3cnc(Cl)o3)cc2)C2CCN1CC2. The molecule has 0 spiro atoms. The third-order valence-electron chi connectivity index (χ3n) is 5.27. The second kappa shape index (κ2) is 6.69. The van der Waals surface area contributed by atoms with E-state index in [4.69, 9.17) is 20.8 Å². The fourth-order valence-corrected chi connectivity index (χ4v) is 3.98. The molecule has 2 aromatic rings. The lowest BCUT2D eigenvalue weighted by Crippen LogP contribution is -2.62. The van der Waals surface area contributed by atoms with Gasteiger partial charge in [-0.05, 0) is 74.6 Å². The van der Waals surface area contributed by atoms with E-state index in [-0.39, 0.29) is 23.2 Å². The van der Waals surface area contributed by atoms with Crippen LogP contribution in [0.1, 0.15) is 30.1 Å². The Kier molecular flexibility index (Phi) is 4.39. The molecule has 0 saturated carbocycles. The van der Waals surface area contributed by atoms with Gasteiger partial charge in [0.2, 0.25) is 0 Å². The maximum absolute atomic E-state index is 12.6. The lowest BCUT2D eigenvalue weighted by Gasteiger charge is -2.49. The van der Waals surface area contributed by atoms with Crippen molar-refractivity contribution in [2.45, 2.75) is 31.8 Å². The second-order valence-corrected chi connectivity index (χ2v) is 7.00. The summed E-state index contributed by atoms with van der Waals surface area (Å²) in [6, 6.07) is 7.57. The summed E-state index contributed by atoms with van der Waals surface area (Å²) in [6.45, 7) is 4.50. The van der Waals surface area contributed by atoms with Crippen LogP contribution in [0.5, 0.6) is 11.7 Å². The van der Waals surface area contributed by atoms with Crippen LogP contribution < -0.4 is 10.1 Å². The van der Waals surface area contributed by atoms with Crippen LogP contribution >= 0.6 is 11.6 Å². The number of benzene rings is 1. The van der Waals surface area contributed by atoms with Gasteiger partial charge in [-0.1, -0.05) is 0 Å². The van der Waals surface area contributed by atoms with E-state index in [1.165, 1.54) is 19.0 Å². The topological polar surface area (TPSA) is 67.6 Å². The summed E-state index contributed by atoms with van der Waals surface area (Å²) < 4.78 is 10.5. The monoisotopic (exact) mass is 361 g/mol. The zero-order valence-corrected chi connectivity index (χ0v) is 14.7. The molecule has 3 aliphatic rings. The van der Waals surface area contributed by atoms with Gasteiger partial charge in [-0.25, -0.2) is 4.98 Å². The van der Waals surface area contributed by atoms with Gasteiger partial charge in [-0.15, -0.1) is 0 Å². The molecule has 5 rings (SSSR count). The van der Waals surface area contributed by atoms with Crippen LogP contribution in [0.3, 0.4) is 0 Å². The molecule has 132 valence electrons. The predicted octanol–water partition coefficient (Wildman–Crippen LogP) is 3.33. The van der Waals surface area contributed by atoms with Crippen molar-refractivity contribution in [1.29, 1.82) is 0 Å². The van der Waals surface area contributed by atoms with Gasteiger partial charge in [-0.2, -0.15) is 0 Å². The second-order valence-electron chi connectivity index (χ2n) is 6.67. The zero-order chi connectivity index (χ0) is 17.4. The number of oxazole rings is 1. The standard InChI is InChI=1S/C18H20ClN3O3/c1-11-16(12-6-8-22(11)9-7-12)21-17(23)13-2-4-14(5-3-13)24-15-10-20-18(19)25-15/h2-5,10-12,16H,6-9H2,1H3,(H,21,23). The van der Waals surface area contributed by atoms with Crippen LogP contribution in [0, 0.1) is 5.92 Å². The van der Waals surface area contributed by atoms with E-state index < -0.39 is 0 Å². The van der Waals surface area contributed by atoms with E-state index in [9.17, 15) is 4.79 Å². The van der Waals surface area contributed by atoms with Gasteiger partial charge in [0.15, 0.2) is 0 Å². The predicted molar refractivity (Wildman–Crippen MR) is 93.0 cm³/mol. The summed E-state index contributed by atoms with van der Waals surface area (Å²) in [6.07, 6.45) is 3.74. The molecule has 3 fully saturated rings. The third kappa shape index (κ3) is 3.37. The molecule has 2 atom stereocenters. The Labute approximate surface area is 151 Å². The highest BCUT2D eigenvalue weighted by Gasteiger charge is 2.40. The van der Waals surface area contributed by atoms with E-state index in [1.54, 1.807) is 24.3 Å². The number of nitrogens with zero attached hydrogens (tertiary/aromatic N) is 2. The van der Waals surface area contributed by atoms with Gasteiger partial charge in [0.05, 0.1) is 0 Å². The summed E-state index contributed by atoms with van der Waals surface area (Å²) in [5.41, 5.74) is 0.617. The Balaban J connectivity index is 1.40. The largest absolute Gasteiger partial charge is 0.425 e. The smallest absolute Gasteiger partial charge is 0.311 e. The van der Waals surface area contributed by atoms with Gasteiger partial charge in [-0.3, -0.25) is 9.69 Å². The maximum atomic E-state index is 12.6. The Hall–Kier alpha value is -2.05. The van der Waals surface area contributed by atoms with Crippen molar-refractivity contribution >= 4 is 17.5 Å². The zero-order valence-electron chi connectivity index (χ0n) is 13.9. The molecule has 1 N–H and O–H groups in total. The summed E-state index contributed by atoms with van der Waals surface area (Å²) in [5, 5.41) is 3.25. The van der Waals surface area contributed by atoms with E-state index in [1.807, 2.05) is 0 Å². The average molecular weight is 362 g/mol. The molecular formula is C18H20ClN3O3. The van der Waals surface area contributed by atoms with Gasteiger partial charge >= 0.3 is 5.95 Å². The first-order valence-electron chi connectivity index (χ1n) is 8.54. The number of halogens is 1. The normalized spacial score (nSPS) is 27.9. The Morgan fingerprint density at radius 2 is 2.04 bits per heavy atom. The highest BCUT2D eigenvalue weighted by Crippen LogP contribution is 2.32. The highest BCUT2D eigenvalue weighted by atomic mass is 35.5. The lowest BCUT2D eigenvalue weighted by molar-refractivity contribution is 0.0217. The van der Waals surface area contributed by atoms with E-state index in [0.717, 1.165) is 13.1 Å². The molecule has 0 aliphatic carbocycles. The lowest BCUT2D eigenvalue weighted by atomic mass is 9.79. The summed E-state index contributed by atoms with van der Waals surface area (Å²) in [5.74, 6) is 1.31. The number of carbonyl (C=O) groups is 1. The number of fused-ring (bicyclic) bond motifs is 3. The van der Waals surface area contributed by atoms with Crippen LogP contribution in [-0.4, -0.2) is 41.0 Å². The Bertz CT molecular complexity index is 751. The van der Waals surface area contributed by atoms with Crippen molar-refractivity contribution in [3.05, 3.63) is 41.4 Å². The maximum Gasteiger partial charge on any atom is 0.311 e. The van der Waals surface area contributed by atoms with Crippen molar-refractivity contribution in [2.24, 2.45) is 5.92 Å². The fourth-order valence-electron chi connectivity index (χ4n) is 3.86. The molecule has 7 heteroatoms. The molecule has 4 heterocycles. The number of ether oxygens (including phenoxy) is 1. The van der Waals surface area contributed by atoms with Crippen molar-refractivity contribution in [2.75, 3.05) is 13.1 Å². The van der Waals surface area contributed by atoms with Gasteiger partial charge < -0.3 is 14.5 Å². The quantitative estimate of drug-likeness (QED) is 0.904. The summed E-state index contributed by atoms with van der Waals surface area (Å²) in [4.78, 5) is 18.8. The van der Waals surface area contributed by atoms with E-state index in [0.29, 0.717) is 23.3 Å². The third-order valence-corrected chi connectivity index (χ3v) is 5.44. The first-order valence-corrected chi connectivity index (χ1v) is 8.92. The van der Waals surface area contributed by atoms with Crippen molar-refractivity contribution in [3.8, 4) is 11.7 Å². The average Bonchev–Trinajstić information content (AvgIpc) is 3.04. The molecular weight excluding hydrogens is 342 g/mol. The number of hydrogen-bond acceptors (Lipinski definition) is 5. The molecule has 0 radical (unpaired) electrons. The minimum Gasteiger partial charge on any atom is -0.425 e.